The maximum Gasteiger partial charge on any atom is 0.328 e. The van der Waals surface area contributed by atoms with Gasteiger partial charge in [-0.15, -0.1) is 0 Å². The molecule has 0 N–H and O–H groups in total. The first-order valence-electron chi connectivity index (χ1n) is 14.4. The van der Waals surface area contributed by atoms with E-state index >= 15 is 0 Å². The Morgan fingerprint density at radius 1 is 0.674 bits per heavy atom. The van der Waals surface area contributed by atoms with Gasteiger partial charge in [0.25, 0.3) is 0 Å². The number of ether oxygens (including phenoxy) is 2. The summed E-state index contributed by atoms with van der Waals surface area (Å²) >= 11 is 0. The highest BCUT2D eigenvalue weighted by Gasteiger charge is 2.59. The molecule has 43 heavy (non-hydrogen) atoms. The number of hydrogen-bond donors (Lipinski definition) is 0. The van der Waals surface area contributed by atoms with E-state index in [1.54, 1.807) is 0 Å². The van der Waals surface area contributed by atoms with Crippen LogP contribution in [0.15, 0.2) is 121 Å². The molecule has 0 radical (unpaired) electrons. The van der Waals surface area contributed by atoms with Crippen LogP contribution < -0.4 is 0 Å². The van der Waals surface area contributed by atoms with E-state index in [-0.39, 0.29) is 26.1 Å². The van der Waals surface area contributed by atoms with Crippen LogP contribution in [0.3, 0.4) is 0 Å². The van der Waals surface area contributed by atoms with Crippen LogP contribution in [0.25, 0.3) is 0 Å². The lowest BCUT2D eigenvalue weighted by Gasteiger charge is -2.47. The van der Waals surface area contributed by atoms with Gasteiger partial charge in [-0.25, -0.2) is 0 Å². The van der Waals surface area contributed by atoms with E-state index in [1.807, 2.05) is 121 Å². The van der Waals surface area contributed by atoms with Crippen molar-refractivity contribution in [2.75, 3.05) is 0 Å². The van der Waals surface area contributed by atoms with E-state index in [1.165, 1.54) is 0 Å². The van der Waals surface area contributed by atoms with Gasteiger partial charge in [0.05, 0.1) is 12.1 Å². The van der Waals surface area contributed by atoms with E-state index in [0.29, 0.717) is 0 Å². The zero-order valence-electron chi connectivity index (χ0n) is 23.7. The van der Waals surface area contributed by atoms with E-state index in [4.69, 9.17) is 9.47 Å². The van der Waals surface area contributed by atoms with Crippen molar-refractivity contribution < 1.29 is 19.1 Å². The van der Waals surface area contributed by atoms with Crippen LogP contribution in [0.4, 0.5) is 0 Å². The fraction of sp³-hybridized carbons (Fsp3) is 0.243. The van der Waals surface area contributed by atoms with E-state index in [2.05, 4.69) is 12.1 Å². The van der Waals surface area contributed by atoms with Crippen LogP contribution in [0.5, 0.6) is 0 Å². The third kappa shape index (κ3) is 6.35. The van der Waals surface area contributed by atoms with Crippen molar-refractivity contribution >= 4 is 11.9 Å². The summed E-state index contributed by atoms with van der Waals surface area (Å²) in [4.78, 5) is 27.6. The lowest BCUT2D eigenvalue weighted by atomic mass is 9.53. The molecule has 0 bridgehead atoms. The minimum Gasteiger partial charge on any atom is -0.460 e. The zero-order valence-corrected chi connectivity index (χ0v) is 23.7. The molecule has 1 fully saturated rings. The SMILES string of the molecule is N#C[C@H](C(=O)OCc1ccccc1)C1C[C@H](c2ccccc2)C(C#N)(C(=O)OCc2ccccc2)[C@H](c2ccccc2)C1. The Balaban J connectivity index is 1.53. The van der Waals surface area contributed by atoms with Gasteiger partial charge in [-0.2, -0.15) is 10.5 Å². The number of carbonyl (C=O) groups excluding carboxylic acids is 2. The van der Waals surface area contributed by atoms with Gasteiger partial charge >= 0.3 is 11.9 Å². The second-order valence-electron chi connectivity index (χ2n) is 10.9. The highest BCUT2D eigenvalue weighted by molar-refractivity contribution is 5.84. The van der Waals surface area contributed by atoms with Gasteiger partial charge in [0.15, 0.2) is 5.41 Å². The predicted octanol–water partition coefficient (Wildman–Crippen LogP) is 7.10. The van der Waals surface area contributed by atoms with Crippen molar-refractivity contribution in [2.45, 2.75) is 37.9 Å². The fourth-order valence-corrected chi connectivity index (χ4v) is 6.25. The molecule has 1 aliphatic rings. The average Bonchev–Trinajstić information content (AvgIpc) is 3.08. The normalized spacial score (nSPS) is 21.9. The molecule has 2 unspecified atom stereocenters. The van der Waals surface area contributed by atoms with Crippen LogP contribution in [0.2, 0.25) is 0 Å². The molecule has 214 valence electrons. The molecular formula is C37H32N2O4. The van der Waals surface area contributed by atoms with Crippen LogP contribution in [-0.4, -0.2) is 11.9 Å². The Labute approximate surface area is 252 Å². The van der Waals surface area contributed by atoms with Gasteiger partial charge in [0.1, 0.15) is 19.1 Å². The Morgan fingerprint density at radius 3 is 1.51 bits per heavy atom. The average molecular weight is 569 g/mol. The highest BCUT2D eigenvalue weighted by Crippen LogP contribution is 2.58. The molecule has 5 atom stereocenters. The van der Waals surface area contributed by atoms with Crippen LogP contribution in [-0.2, 0) is 32.3 Å². The Bertz CT molecular complexity index is 1550. The van der Waals surface area contributed by atoms with Crippen molar-refractivity contribution in [1.29, 1.82) is 10.5 Å². The second kappa shape index (κ2) is 13.6. The van der Waals surface area contributed by atoms with E-state index in [9.17, 15) is 20.1 Å². The van der Waals surface area contributed by atoms with Crippen molar-refractivity contribution in [2.24, 2.45) is 17.3 Å². The number of rotatable bonds is 9. The minimum atomic E-state index is -1.60. The van der Waals surface area contributed by atoms with Crippen molar-refractivity contribution in [3.8, 4) is 12.1 Å². The summed E-state index contributed by atoms with van der Waals surface area (Å²) in [6.07, 6.45) is 0.528. The molecule has 4 aromatic rings. The first-order chi connectivity index (χ1) is 21.1. The fourth-order valence-electron chi connectivity index (χ4n) is 6.25. The second-order valence-corrected chi connectivity index (χ2v) is 10.9. The molecule has 6 heteroatoms. The summed E-state index contributed by atoms with van der Waals surface area (Å²) in [5.41, 5.74) is 1.60. The number of carbonyl (C=O) groups is 2. The molecule has 0 heterocycles. The lowest BCUT2D eigenvalue weighted by molar-refractivity contribution is -0.159. The van der Waals surface area contributed by atoms with Gasteiger partial charge in [0.2, 0.25) is 0 Å². The number of nitriles is 2. The molecular weight excluding hydrogens is 536 g/mol. The summed E-state index contributed by atoms with van der Waals surface area (Å²) in [6.45, 7) is 0.0882. The smallest absolute Gasteiger partial charge is 0.328 e. The molecule has 6 nitrogen and oxygen atoms in total. The highest BCUT2D eigenvalue weighted by atomic mass is 16.5. The summed E-state index contributed by atoms with van der Waals surface area (Å²) in [7, 11) is 0. The van der Waals surface area contributed by atoms with Gasteiger partial charge in [-0.3, -0.25) is 9.59 Å². The monoisotopic (exact) mass is 568 g/mol. The number of nitrogens with zero attached hydrogens (tertiary/aromatic N) is 2. The predicted molar refractivity (Wildman–Crippen MR) is 161 cm³/mol. The maximum atomic E-state index is 14.2. The van der Waals surface area contributed by atoms with Crippen LogP contribution >= 0.6 is 0 Å². The standard InChI is InChI=1S/C37H32N2O4/c38-23-32(35(40)42-24-27-13-5-1-6-14-27)31-21-33(29-17-9-3-10-18-29)37(26-39,34(22-31)30-19-11-4-12-20-30)36(41)43-25-28-15-7-2-8-16-28/h1-20,31-34H,21-22,24-25H2/t31?,32-,33-,34+,37?/m0/s1. The van der Waals surface area contributed by atoms with Gasteiger partial charge in [0, 0.05) is 11.8 Å². The molecule has 0 aliphatic heterocycles. The van der Waals surface area contributed by atoms with Crippen LogP contribution in [0, 0.1) is 39.9 Å². The molecule has 0 spiro atoms. The summed E-state index contributed by atoms with van der Waals surface area (Å²) in [5.74, 6) is -4.02. The minimum absolute atomic E-state index is 0.0299. The first kappa shape index (κ1) is 29.3. The van der Waals surface area contributed by atoms with Gasteiger partial charge in [-0.1, -0.05) is 121 Å². The van der Waals surface area contributed by atoms with Gasteiger partial charge in [-0.05, 0) is 41.0 Å². The third-order valence-corrected chi connectivity index (χ3v) is 8.40. The number of hydrogen-bond acceptors (Lipinski definition) is 6. The first-order valence-corrected chi connectivity index (χ1v) is 14.4. The van der Waals surface area contributed by atoms with Gasteiger partial charge < -0.3 is 9.47 Å². The van der Waals surface area contributed by atoms with Crippen molar-refractivity contribution in [3.63, 3.8) is 0 Å². The number of benzene rings is 4. The molecule has 0 saturated heterocycles. The largest absolute Gasteiger partial charge is 0.460 e. The van der Waals surface area contributed by atoms with Crippen molar-refractivity contribution in [3.05, 3.63) is 144 Å². The lowest BCUT2D eigenvalue weighted by Crippen LogP contribution is -2.48. The summed E-state index contributed by atoms with van der Waals surface area (Å²) < 4.78 is 11.5. The molecule has 5 rings (SSSR count). The zero-order chi connectivity index (χ0) is 30.1. The number of esters is 2. The molecule has 4 aromatic carbocycles. The molecule has 1 saturated carbocycles. The molecule has 0 aromatic heterocycles. The topological polar surface area (TPSA) is 100 Å². The maximum absolute atomic E-state index is 14.2. The summed E-state index contributed by atoms with van der Waals surface area (Å²) in [6, 6.07) is 42.1. The van der Waals surface area contributed by atoms with E-state index < -0.39 is 41.0 Å². The molecule has 0 amide bonds. The third-order valence-electron chi connectivity index (χ3n) is 8.40. The van der Waals surface area contributed by atoms with Crippen molar-refractivity contribution in [1.82, 2.24) is 0 Å². The Kier molecular flexibility index (Phi) is 9.29. The Hall–Kier alpha value is -5.20. The van der Waals surface area contributed by atoms with Crippen LogP contribution in [0.1, 0.15) is 46.9 Å². The Morgan fingerprint density at radius 2 is 1.09 bits per heavy atom. The summed E-state index contributed by atoms with van der Waals surface area (Å²) in [5, 5.41) is 21.2. The quantitative estimate of drug-likeness (QED) is 0.200. The molecule has 1 aliphatic carbocycles. The van der Waals surface area contributed by atoms with E-state index in [0.717, 1.165) is 22.3 Å².